The maximum atomic E-state index is 11.5. The van der Waals surface area contributed by atoms with Crippen LogP contribution in [-0.2, 0) is 0 Å². The van der Waals surface area contributed by atoms with Crippen molar-refractivity contribution in [3.63, 3.8) is 0 Å². The van der Waals surface area contributed by atoms with Crippen LogP contribution in [-0.4, -0.2) is 25.0 Å². The average molecular weight is 220 g/mol. The van der Waals surface area contributed by atoms with Crippen LogP contribution in [0.3, 0.4) is 0 Å². The first-order chi connectivity index (χ1) is 7.66. The topological polar surface area (TPSA) is 96.2 Å². The fraction of sp³-hybridized carbons (Fsp3) is 0.200. The molecule has 0 spiro atoms. The highest BCUT2D eigenvalue weighted by atomic mass is 16.2. The number of fused-ring (bicyclic) bond motifs is 1. The van der Waals surface area contributed by atoms with Gasteiger partial charge in [0.2, 0.25) is 0 Å². The highest BCUT2D eigenvalue weighted by Gasteiger charge is 2.12. The molecule has 0 saturated heterocycles. The third kappa shape index (κ3) is 2.05. The second-order valence-electron chi connectivity index (χ2n) is 3.43. The van der Waals surface area contributed by atoms with Crippen LogP contribution in [0.25, 0.3) is 0 Å². The third-order valence-corrected chi connectivity index (χ3v) is 2.27. The number of urea groups is 1. The fourth-order valence-electron chi connectivity index (χ4n) is 1.56. The Balaban J connectivity index is 2.23. The molecule has 0 atom stereocenters. The Bertz CT molecular complexity index is 444. The zero-order chi connectivity index (χ0) is 11.5. The molecule has 16 heavy (non-hydrogen) atoms. The van der Waals surface area contributed by atoms with Crippen LogP contribution < -0.4 is 21.7 Å². The number of anilines is 2. The zero-order valence-corrected chi connectivity index (χ0v) is 8.54. The number of benzene rings is 1. The average Bonchev–Trinajstić information content (AvgIpc) is 2.27. The highest BCUT2D eigenvalue weighted by molar-refractivity contribution is 6.04. The summed E-state index contributed by atoms with van der Waals surface area (Å²) in [7, 11) is 0. The largest absolute Gasteiger partial charge is 0.382 e. The van der Waals surface area contributed by atoms with Crippen molar-refractivity contribution < 1.29 is 9.59 Å². The summed E-state index contributed by atoms with van der Waals surface area (Å²) in [5, 5.41) is 8.35. The quantitative estimate of drug-likeness (QED) is 0.548. The van der Waals surface area contributed by atoms with Crippen LogP contribution in [0.5, 0.6) is 0 Å². The molecular weight excluding hydrogens is 208 g/mol. The molecule has 6 heteroatoms. The number of carbonyl (C=O) groups is 2. The van der Waals surface area contributed by atoms with Crippen molar-refractivity contribution in [3.05, 3.63) is 23.8 Å². The van der Waals surface area contributed by atoms with E-state index in [0.29, 0.717) is 5.56 Å². The molecule has 0 radical (unpaired) electrons. The molecule has 1 aromatic rings. The van der Waals surface area contributed by atoms with Crippen molar-refractivity contribution in [2.45, 2.75) is 0 Å². The predicted molar refractivity (Wildman–Crippen MR) is 60.5 cm³/mol. The van der Waals surface area contributed by atoms with Gasteiger partial charge in [0.25, 0.3) is 5.91 Å². The molecule has 2 rings (SSSR count). The second kappa shape index (κ2) is 4.09. The Morgan fingerprint density at radius 3 is 2.56 bits per heavy atom. The van der Waals surface area contributed by atoms with E-state index in [0.717, 1.165) is 24.5 Å². The molecule has 5 N–H and O–H groups in total. The molecule has 0 unspecified atom stereocenters. The van der Waals surface area contributed by atoms with Gasteiger partial charge in [-0.15, -0.1) is 0 Å². The maximum Gasteiger partial charge on any atom is 0.319 e. The first-order valence-corrected chi connectivity index (χ1v) is 4.89. The van der Waals surface area contributed by atoms with E-state index in [1.807, 2.05) is 5.32 Å². The van der Waals surface area contributed by atoms with Crippen LogP contribution in [0.4, 0.5) is 16.2 Å². The van der Waals surface area contributed by atoms with E-state index in [9.17, 15) is 9.59 Å². The van der Waals surface area contributed by atoms with Crippen LogP contribution >= 0.6 is 0 Å². The molecule has 0 aromatic heterocycles. The molecule has 1 heterocycles. The van der Waals surface area contributed by atoms with Crippen molar-refractivity contribution in [1.29, 1.82) is 0 Å². The van der Waals surface area contributed by atoms with E-state index < -0.39 is 11.9 Å². The molecular formula is C10H12N4O2. The summed E-state index contributed by atoms with van der Waals surface area (Å²) in [6.07, 6.45) is 0. The summed E-state index contributed by atoms with van der Waals surface area (Å²) in [6, 6.07) is 4.25. The fourth-order valence-corrected chi connectivity index (χ4v) is 1.56. The van der Waals surface area contributed by atoms with E-state index in [-0.39, 0.29) is 0 Å². The summed E-state index contributed by atoms with van der Waals surface area (Å²) < 4.78 is 0. The van der Waals surface area contributed by atoms with Crippen molar-refractivity contribution >= 4 is 23.3 Å². The lowest BCUT2D eigenvalue weighted by atomic mass is 10.1. The molecule has 0 saturated carbocycles. The molecule has 0 fully saturated rings. The Morgan fingerprint density at radius 2 is 1.88 bits per heavy atom. The minimum absolute atomic E-state index is 0.397. The van der Waals surface area contributed by atoms with E-state index >= 15 is 0 Å². The van der Waals surface area contributed by atoms with Gasteiger partial charge in [0, 0.05) is 18.7 Å². The van der Waals surface area contributed by atoms with Gasteiger partial charge in [0.05, 0.1) is 11.4 Å². The normalized spacial score (nSPS) is 13.0. The van der Waals surface area contributed by atoms with Gasteiger partial charge in [-0.25, -0.2) is 4.79 Å². The number of rotatable bonds is 1. The number of amides is 3. The monoisotopic (exact) mass is 220 g/mol. The van der Waals surface area contributed by atoms with Gasteiger partial charge < -0.3 is 16.4 Å². The van der Waals surface area contributed by atoms with Crippen molar-refractivity contribution in [2.75, 3.05) is 23.7 Å². The first kappa shape index (κ1) is 10.3. The van der Waals surface area contributed by atoms with Gasteiger partial charge >= 0.3 is 6.03 Å². The molecule has 0 bridgehead atoms. The molecule has 84 valence electrons. The smallest absolute Gasteiger partial charge is 0.319 e. The number of nitrogens with one attached hydrogen (secondary N) is 3. The number of imide groups is 1. The number of hydrogen-bond acceptors (Lipinski definition) is 4. The Labute approximate surface area is 92.2 Å². The van der Waals surface area contributed by atoms with Crippen molar-refractivity contribution in [2.24, 2.45) is 5.73 Å². The first-order valence-electron chi connectivity index (χ1n) is 4.89. The lowest BCUT2D eigenvalue weighted by Gasteiger charge is -2.20. The van der Waals surface area contributed by atoms with E-state index in [1.54, 1.807) is 18.2 Å². The lowest BCUT2D eigenvalue weighted by Crippen LogP contribution is -2.35. The Morgan fingerprint density at radius 1 is 1.19 bits per heavy atom. The van der Waals surface area contributed by atoms with Crippen LogP contribution in [0.2, 0.25) is 0 Å². The number of carbonyl (C=O) groups excluding carboxylic acids is 2. The summed E-state index contributed by atoms with van der Waals surface area (Å²) >= 11 is 0. The molecule has 3 amide bonds. The minimum atomic E-state index is -0.853. The second-order valence-corrected chi connectivity index (χ2v) is 3.43. The summed E-state index contributed by atoms with van der Waals surface area (Å²) in [5.41, 5.74) is 7.06. The standard InChI is InChI=1S/C10H12N4O2/c11-10(16)14-9(15)6-1-2-7-8(5-6)13-4-3-12-7/h1-2,5,12-13H,3-4H2,(H3,11,14,15,16). The summed E-state index contributed by atoms with van der Waals surface area (Å²) in [5.74, 6) is -0.498. The molecule has 1 aliphatic heterocycles. The number of primary amides is 1. The van der Waals surface area contributed by atoms with Crippen LogP contribution in [0, 0.1) is 0 Å². The SMILES string of the molecule is NC(=O)NC(=O)c1ccc2c(c1)NCCN2. The Kier molecular flexibility index (Phi) is 2.63. The zero-order valence-electron chi connectivity index (χ0n) is 8.54. The van der Waals surface area contributed by atoms with Gasteiger partial charge in [-0.2, -0.15) is 0 Å². The molecule has 1 aromatic carbocycles. The molecule has 0 aliphatic carbocycles. The summed E-state index contributed by atoms with van der Waals surface area (Å²) in [6.45, 7) is 1.65. The van der Waals surface area contributed by atoms with Crippen molar-refractivity contribution in [1.82, 2.24) is 5.32 Å². The van der Waals surface area contributed by atoms with Gasteiger partial charge in [-0.1, -0.05) is 0 Å². The van der Waals surface area contributed by atoms with Gasteiger partial charge in [-0.3, -0.25) is 10.1 Å². The Hall–Kier alpha value is -2.24. The molecule has 1 aliphatic rings. The van der Waals surface area contributed by atoms with Crippen molar-refractivity contribution in [3.8, 4) is 0 Å². The van der Waals surface area contributed by atoms with Crippen LogP contribution in [0.1, 0.15) is 10.4 Å². The molecule has 6 nitrogen and oxygen atoms in total. The number of hydrogen-bond donors (Lipinski definition) is 4. The minimum Gasteiger partial charge on any atom is -0.382 e. The van der Waals surface area contributed by atoms with E-state index in [4.69, 9.17) is 5.73 Å². The van der Waals surface area contributed by atoms with E-state index in [1.165, 1.54) is 0 Å². The highest BCUT2D eigenvalue weighted by Crippen LogP contribution is 2.25. The number of nitrogens with two attached hydrogens (primary N) is 1. The predicted octanol–water partition coefficient (Wildman–Crippen LogP) is 0.332. The van der Waals surface area contributed by atoms with Crippen LogP contribution in [0.15, 0.2) is 18.2 Å². The van der Waals surface area contributed by atoms with Gasteiger partial charge in [0.15, 0.2) is 0 Å². The lowest BCUT2D eigenvalue weighted by molar-refractivity contribution is 0.0966. The van der Waals surface area contributed by atoms with E-state index in [2.05, 4.69) is 10.6 Å². The van der Waals surface area contributed by atoms with Gasteiger partial charge in [-0.05, 0) is 18.2 Å². The van der Waals surface area contributed by atoms with Gasteiger partial charge in [0.1, 0.15) is 0 Å². The maximum absolute atomic E-state index is 11.5. The third-order valence-electron chi connectivity index (χ3n) is 2.27. The summed E-state index contributed by atoms with van der Waals surface area (Å²) in [4.78, 5) is 22.0.